The maximum Gasteiger partial charge on any atom is 0.325 e. The zero-order valence-electron chi connectivity index (χ0n) is 13.2. The monoisotopic (exact) mass is 295 g/mol. The Kier molecular flexibility index (Phi) is 7.02. The summed E-state index contributed by atoms with van der Waals surface area (Å²) in [5.74, 6) is 0.799. The van der Waals surface area contributed by atoms with Gasteiger partial charge < -0.3 is 19.9 Å². The quantitative estimate of drug-likeness (QED) is 0.733. The minimum absolute atomic E-state index is 0.529. The summed E-state index contributed by atoms with van der Waals surface area (Å²) in [6.07, 6.45) is 0.929. The third-order valence-electron chi connectivity index (χ3n) is 3.14. The maximum atomic E-state index is 11.5. The Hall–Kier alpha value is -1.75. The van der Waals surface area contributed by atoms with Crippen LogP contribution in [0, 0.1) is 5.92 Å². The number of methoxy groups -OCH3 is 1. The number of benzene rings is 1. The minimum atomic E-state index is -0.898. The lowest BCUT2D eigenvalue weighted by Gasteiger charge is -2.17. The molecular weight excluding hydrogens is 270 g/mol. The number of nitrogens with one attached hydrogen (secondary N) is 1. The van der Waals surface area contributed by atoms with Crippen LogP contribution in [0.1, 0.15) is 38.8 Å². The van der Waals surface area contributed by atoms with Gasteiger partial charge in [0, 0.05) is 0 Å². The molecule has 0 spiro atoms. The lowest BCUT2D eigenvalue weighted by Crippen LogP contribution is -2.29. The van der Waals surface area contributed by atoms with Gasteiger partial charge in [-0.3, -0.25) is 4.79 Å². The van der Waals surface area contributed by atoms with E-state index in [0.717, 1.165) is 6.42 Å². The number of hydrogen-bond donors (Lipinski definition) is 2. The van der Waals surface area contributed by atoms with Crippen LogP contribution in [-0.4, -0.2) is 31.3 Å². The van der Waals surface area contributed by atoms with Crippen LogP contribution in [0.4, 0.5) is 0 Å². The molecule has 5 nitrogen and oxygen atoms in total. The maximum absolute atomic E-state index is 11.5. The Balaban J connectivity index is 2.89. The summed E-state index contributed by atoms with van der Waals surface area (Å²) in [4.78, 5) is 11.5. The Morgan fingerprint density at radius 1 is 1.33 bits per heavy atom. The van der Waals surface area contributed by atoms with Crippen LogP contribution in [0.3, 0.4) is 0 Å². The lowest BCUT2D eigenvalue weighted by molar-refractivity contribution is -0.139. The van der Waals surface area contributed by atoms with Crippen LogP contribution >= 0.6 is 0 Å². The number of carboxylic acid groups (broad SMARTS) is 1. The van der Waals surface area contributed by atoms with Gasteiger partial charge in [0.25, 0.3) is 0 Å². The van der Waals surface area contributed by atoms with Crippen LogP contribution in [0.5, 0.6) is 11.5 Å². The van der Waals surface area contributed by atoms with Crippen molar-refractivity contribution in [3.05, 3.63) is 23.8 Å². The average molecular weight is 295 g/mol. The van der Waals surface area contributed by atoms with Crippen molar-refractivity contribution in [1.29, 1.82) is 0 Å². The number of hydrogen-bond acceptors (Lipinski definition) is 4. The zero-order valence-corrected chi connectivity index (χ0v) is 13.2. The minimum Gasteiger partial charge on any atom is -0.493 e. The van der Waals surface area contributed by atoms with Gasteiger partial charge in [-0.1, -0.05) is 19.9 Å². The molecule has 1 aromatic carbocycles. The number of carbonyl (C=O) groups is 1. The van der Waals surface area contributed by atoms with Crippen LogP contribution in [0.15, 0.2) is 18.2 Å². The van der Waals surface area contributed by atoms with Gasteiger partial charge in [0.1, 0.15) is 6.04 Å². The molecule has 5 heteroatoms. The van der Waals surface area contributed by atoms with E-state index >= 15 is 0 Å². The Morgan fingerprint density at radius 3 is 2.57 bits per heavy atom. The molecule has 1 unspecified atom stereocenters. The summed E-state index contributed by atoms with van der Waals surface area (Å²) in [7, 11) is 1.55. The van der Waals surface area contributed by atoms with Gasteiger partial charge in [-0.15, -0.1) is 0 Å². The van der Waals surface area contributed by atoms with E-state index in [9.17, 15) is 9.90 Å². The molecule has 0 heterocycles. The van der Waals surface area contributed by atoms with Crippen LogP contribution in [0.2, 0.25) is 0 Å². The first-order chi connectivity index (χ1) is 9.99. The third kappa shape index (κ3) is 5.27. The summed E-state index contributed by atoms with van der Waals surface area (Å²) in [5, 5.41) is 12.5. The molecule has 0 saturated heterocycles. The summed E-state index contributed by atoms with van der Waals surface area (Å²) in [6.45, 7) is 7.30. The van der Waals surface area contributed by atoms with Gasteiger partial charge in [0.15, 0.2) is 11.5 Å². The number of ether oxygens (including phenoxy) is 2. The predicted molar refractivity (Wildman–Crippen MR) is 82.0 cm³/mol. The molecule has 1 aromatic rings. The zero-order chi connectivity index (χ0) is 15.8. The van der Waals surface area contributed by atoms with Gasteiger partial charge in [-0.25, -0.2) is 0 Å². The predicted octanol–water partition coefficient (Wildman–Crippen LogP) is 2.86. The van der Waals surface area contributed by atoms with E-state index < -0.39 is 12.0 Å². The normalized spacial score (nSPS) is 12.2. The second-order valence-corrected chi connectivity index (χ2v) is 5.25. The largest absolute Gasteiger partial charge is 0.493 e. The Bertz CT molecular complexity index is 460. The Labute approximate surface area is 126 Å². The highest BCUT2D eigenvalue weighted by molar-refractivity contribution is 5.76. The molecule has 0 bridgehead atoms. The summed E-state index contributed by atoms with van der Waals surface area (Å²) >= 11 is 0. The fraction of sp³-hybridized carbons (Fsp3) is 0.562. The molecular formula is C16H25NO4. The average Bonchev–Trinajstić information content (AvgIpc) is 2.44. The van der Waals surface area contributed by atoms with Crippen molar-refractivity contribution in [2.45, 2.75) is 33.2 Å². The van der Waals surface area contributed by atoms with Crippen LogP contribution < -0.4 is 14.8 Å². The molecule has 0 saturated carbocycles. The van der Waals surface area contributed by atoms with Crippen molar-refractivity contribution < 1.29 is 19.4 Å². The van der Waals surface area contributed by atoms with Crippen LogP contribution in [0.25, 0.3) is 0 Å². The molecule has 1 rings (SSSR count). The van der Waals surface area contributed by atoms with E-state index in [-0.39, 0.29) is 0 Å². The van der Waals surface area contributed by atoms with Crippen molar-refractivity contribution in [3.63, 3.8) is 0 Å². The van der Waals surface area contributed by atoms with Gasteiger partial charge >= 0.3 is 5.97 Å². The number of rotatable bonds is 9. The second kappa shape index (κ2) is 8.52. The highest BCUT2D eigenvalue weighted by atomic mass is 16.5. The summed E-state index contributed by atoms with van der Waals surface area (Å²) < 4.78 is 10.7. The van der Waals surface area contributed by atoms with Gasteiger partial charge in [-0.2, -0.15) is 0 Å². The molecule has 118 valence electrons. The number of carboxylic acids is 1. The molecule has 0 aromatic heterocycles. The first-order valence-corrected chi connectivity index (χ1v) is 7.26. The summed E-state index contributed by atoms with van der Waals surface area (Å²) in [5.41, 5.74) is 0.659. The van der Waals surface area contributed by atoms with Crippen molar-refractivity contribution in [2.75, 3.05) is 20.3 Å². The van der Waals surface area contributed by atoms with Gasteiger partial charge in [0.05, 0.1) is 13.7 Å². The molecule has 0 amide bonds. The van der Waals surface area contributed by atoms with Gasteiger partial charge in [-0.05, 0) is 43.5 Å². The van der Waals surface area contributed by atoms with E-state index in [1.165, 1.54) is 0 Å². The molecule has 0 fully saturated rings. The first kappa shape index (κ1) is 17.3. The highest BCUT2D eigenvalue weighted by Crippen LogP contribution is 2.30. The standard InChI is InChI=1S/C16H25NO4/c1-5-21-13-7-6-12(10-14(13)20-4)15(16(18)19)17-9-8-11(2)3/h6-7,10-11,15,17H,5,8-9H2,1-4H3,(H,18,19). The molecule has 21 heavy (non-hydrogen) atoms. The molecule has 0 aliphatic heterocycles. The SMILES string of the molecule is CCOc1ccc(C(NCCC(C)C)C(=O)O)cc1OC. The lowest BCUT2D eigenvalue weighted by atomic mass is 10.1. The van der Waals surface area contributed by atoms with Crippen molar-refractivity contribution >= 4 is 5.97 Å². The molecule has 0 aliphatic rings. The molecule has 0 aliphatic carbocycles. The van der Waals surface area contributed by atoms with E-state index in [4.69, 9.17) is 9.47 Å². The summed E-state index contributed by atoms with van der Waals surface area (Å²) in [6, 6.07) is 4.48. The molecule has 2 N–H and O–H groups in total. The molecule has 1 atom stereocenters. The first-order valence-electron chi connectivity index (χ1n) is 7.26. The van der Waals surface area contributed by atoms with Crippen LogP contribution in [-0.2, 0) is 4.79 Å². The van der Waals surface area contributed by atoms with E-state index in [2.05, 4.69) is 19.2 Å². The second-order valence-electron chi connectivity index (χ2n) is 5.25. The van der Waals surface area contributed by atoms with Crippen molar-refractivity contribution in [1.82, 2.24) is 5.32 Å². The van der Waals surface area contributed by atoms with Gasteiger partial charge in [0.2, 0.25) is 0 Å². The van der Waals surface area contributed by atoms with Crippen molar-refractivity contribution in [3.8, 4) is 11.5 Å². The van der Waals surface area contributed by atoms with E-state index in [1.807, 2.05) is 6.92 Å². The molecule has 0 radical (unpaired) electrons. The van der Waals surface area contributed by atoms with E-state index in [0.29, 0.717) is 36.1 Å². The fourth-order valence-electron chi connectivity index (χ4n) is 2.00. The van der Waals surface area contributed by atoms with Crippen molar-refractivity contribution in [2.24, 2.45) is 5.92 Å². The highest BCUT2D eigenvalue weighted by Gasteiger charge is 2.20. The topological polar surface area (TPSA) is 67.8 Å². The Morgan fingerprint density at radius 2 is 2.05 bits per heavy atom. The number of aliphatic carboxylic acids is 1. The third-order valence-corrected chi connectivity index (χ3v) is 3.14. The fourth-order valence-corrected chi connectivity index (χ4v) is 2.00. The smallest absolute Gasteiger partial charge is 0.325 e. The van der Waals surface area contributed by atoms with E-state index in [1.54, 1.807) is 25.3 Å².